The van der Waals surface area contributed by atoms with E-state index in [0.29, 0.717) is 0 Å². The third-order valence-electron chi connectivity index (χ3n) is 5.19. The molecule has 8 heteroatoms. The number of amides is 2. The molecule has 0 fully saturated rings. The summed E-state index contributed by atoms with van der Waals surface area (Å²) in [5.74, 6) is -1.08. The first-order chi connectivity index (χ1) is 16.2. The molecule has 8 nitrogen and oxygen atoms in total. The van der Waals surface area contributed by atoms with Gasteiger partial charge in [0.05, 0.1) is 7.11 Å². The topological polar surface area (TPSA) is 110 Å². The maximum absolute atomic E-state index is 13.3. The van der Waals surface area contributed by atoms with Crippen LogP contribution in [-0.2, 0) is 31.9 Å². The van der Waals surface area contributed by atoms with E-state index in [0.717, 1.165) is 22.0 Å². The van der Waals surface area contributed by atoms with Gasteiger partial charge in [0, 0.05) is 29.9 Å². The number of benzene rings is 2. The van der Waals surface area contributed by atoms with Crippen molar-refractivity contribution in [3.63, 3.8) is 0 Å². The van der Waals surface area contributed by atoms with E-state index >= 15 is 0 Å². The average molecular weight is 466 g/mol. The molecule has 0 aliphatic carbocycles. The van der Waals surface area contributed by atoms with Crippen LogP contribution in [0.5, 0.6) is 0 Å². The molecule has 2 aromatic carbocycles. The lowest BCUT2D eigenvalue weighted by molar-refractivity contribution is -0.145. The quantitative estimate of drug-likeness (QED) is 0.441. The molecule has 0 spiro atoms. The number of hydrogen-bond donors (Lipinski definition) is 3. The Labute approximate surface area is 199 Å². The number of aromatic nitrogens is 1. The zero-order valence-electron chi connectivity index (χ0n) is 19.9. The summed E-state index contributed by atoms with van der Waals surface area (Å²) in [5, 5.41) is 6.36. The number of aromatic amines is 1. The van der Waals surface area contributed by atoms with E-state index < -0.39 is 35.7 Å². The standard InChI is InChI=1S/C26H31N3O5/c1-26(2,3)34-25(32)29-21(14-17-10-6-5-7-11-17)23(30)28-22(24(31)33-4)15-18-16-27-20-13-9-8-12-19(18)20/h5-13,16,21-22,27H,14-15H2,1-4H3,(H,28,30)(H,29,32). The minimum atomic E-state index is -0.952. The summed E-state index contributed by atoms with van der Waals surface area (Å²) in [6.45, 7) is 5.23. The monoisotopic (exact) mass is 465 g/mol. The third-order valence-corrected chi connectivity index (χ3v) is 5.19. The van der Waals surface area contributed by atoms with E-state index in [1.807, 2.05) is 60.8 Å². The molecule has 2 atom stereocenters. The molecule has 34 heavy (non-hydrogen) atoms. The van der Waals surface area contributed by atoms with E-state index in [2.05, 4.69) is 15.6 Å². The summed E-state index contributed by atoms with van der Waals surface area (Å²) >= 11 is 0. The Morgan fingerprint density at radius 2 is 1.59 bits per heavy atom. The molecular formula is C26H31N3O5. The molecule has 1 aromatic heterocycles. The van der Waals surface area contributed by atoms with Crippen LogP contribution in [-0.4, -0.2) is 47.7 Å². The second kappa shape index (κ2) is 10.9. The van der Waals surface area contributed by atoms with Gasteiger partial charge < -0.3 is 25.1 Å². The largest absolute Gasteiger partial charge is 0.467 e. The number of rotatable bonds is 8. The fourth-order valence-corrected chi connectivity index (χ4v) is 3.64. The Balaban J connectivity index is 1.80. The first kappa shape index (κ1) is 24.8. The highest BCUT2D eigenvalue weighted by atomic mass is 16.6. The maximum atomic E-state index is 13.3. The van der Waals surface area contributed by atoms with Crippen LogP contribution in [0.1, 0.15) is 31.9 Å². The fraction of sp³-hybridized carbons (Fsp3) is 0.346. The lowest BCUT2D eigenvalue weighted by Gasteiger charge is -2.25. The number of alkyl carbamates (subject to hydrolysis) is 1. The van der Waals surface area contributed by atoms with Gasteiger partial charge in [-0.3, -0.25) is 4.79 Å². The average Bonchev–Trinajstić information content (AvgIpc) is 3.20. The number of methoxy groups -OCH3 is 1. The second-order valence-corrected chi connectivity index (χ2v) is 9.04. The summed E-state index contributed by atoms with van der Waals surface area (Å²) < 4.78 is 10.3. The molecule has 0 saturated carbocycles. The highest BCUT2D eigenvalue weighted by Crippen LogP contribution is 2.19. The van der Waals surface area contributed by atoms with Crippen LogP contribution in [0.3, 0.4) is 0 Å². The van der Waals surface area contributed by atoms with E-state index in [1.54, 1.807) is 20.8 Å². The number of para-hydroxylation sites is 1. The Hall–Kier alpha value is -3.81. The Morgan fingerprint density at radius 3 is 2.26 bits per heavy atom. The van der Waals surface area contributed by atoms with Crippen LogP contribution in [0.15, 0.2) is 60.8 Å². The minimum Gasteiger partial charge on any atom is -0.467 e. The Bertz CT molecular complexity index is 1130. The van der Waals surface area contributed by atoms with E-state index in [1.165, 1.54) is 7.11 Å². The highest BCUT2D eigenvalue weighted by Gasteiger charge is 2.29. The van der Waals surface area contributed by atoms with Crippen molar-refractivity contribution in [2.24, 2.45) is 0 Å². The van der Waals surface area contributed by atoms with Crippen LogP contribution in [0.4, 0.5) is 4.79 Å². The molecule has 3 aromatic rings. The van der Waals surface area contributed by atoms with Gasteiger partial charge in [0.25, 0.3) is 0 Å². The zero-order valence-corrected chi connectivity index (χ0v) is 19.9. The smallest absolute Gasteiger partial charge is 0.408 e. The molecular weight excluding hydrogens is 434 g/mol. The molecule has 3 rings (SSSR count). The van der Waals surface area contributed by atoms with Gasteiger partial charge in [-0.05, 0) is 38.0 Å². The maximum Gasteiger partial charge on any atom is 0.408 e. The molecule has 2 unspecified atom stereocenters. The van der Waals surface area contributed by atoms with Crippen LogP contribution >= 0.6 is 0 Å². The summed E-state index contributed by atoms with van der Waals surface area (Å²) in [6, 6.07) is 15.1. The second-order valence-electron chi connectivity index (χ2n) is 9.04. The van der Waals surface area contributed by atoms with Crippen molar-refractivity contribution in [2.75, 3.05) is 7.11 Å². The number of carbonyl (C=O) groups excluding carboxylic acids is 3. The molecule has 1 heterocycles. The van der Waals surface area contributed by atoms with Gasteiger partial charge in [0.15, 0.2) is 0 Å². The predicted molar refractivity (Wildman–Crippen MR) is 129 cm³/mol. The van der Waals surface area contributed by atoms with Crippen LogP contribution in [0.25, 0.3) is 10.9 Å². The lowest BCUT2D eigenvalue weighted by Crippen LogP contribution is -2.53. The van der Waals surface area contributed by atoms with E-state index in [4.69, 9.17) is 9.47 Å². The van der Waals surface area contributed by atoms with Gasteiger partial charge in [-0.15, -0.1) is 0 Å². The Morgan fingerprint density at radius 1 is 0.912 bits per heavy atom. The molecule has 3 N–H and O–H groups in total. The zero-order chi connectivity index (χ0) is 24.7. The number of H-pyrrole nitrogens is 1. The van der Waals surface area contributed by atoms with Crippen molar-refractivity contribution in [1.82, 2.24) is 15.6 Å². The highest BCUT2D eigenvalue weighted by molar-refractivity contribution is 5.91. The minimum absolute atomic E-state index is 0.229. The predicted octanol–water partition coefficient (Wildman–Crippen LogP) is 3.50. The van der Waals surface area contributed by atoms with Crippen molar-refractivity contribution in [2.45, 2.75) is 51.3 Å². The number of esters is 1. The van der Waals surface area contributed by atoms with Gasteiger partial charge in [-0.2, -0.15) is 0 Å². The molecule has 0 aliphatic rings. The number of carbonyl (C=O) groups is 3. The summed E-state index contributed by atoms with van der Waals surface area (Å²) in [5.41, 5.74) is 1.93. The first-order valence-electron chi connectivity index (χ1n) is 11.1. The van der Waals surface area contributed by atoms with Crippen molar-refractivity contribution < 1.29 is 23.9 Å². The normalized spacial score (nSPS) is 13.1. The molecule has 0 aliphatic heterocycles. The summed E-state index contributed by atoms with van der Waals surface area (Å²) in [6.07, 6.45) is 1.56. The van der Waals surface area contributed by atoms with Gasteiger partial charge in [-0.25, -0.2) is 9.59 Å². The van der Waals surface area contributed by atoms with Gasteiger partial charge in [0.2, 0.25) is 5.91 Å². The van der Waals surface area contributed by atoms with Crippen molar-refractivity contribution in [3.05, 3.63) is 71.9 Å². The van der Waals surface area contributed by atoms with E-state index in [9.17, 15) is 14.4 Å². The molecule has 0 bridgehead atoms. The van der Waals surface area contributed by atoms with E-state index in [-0.39, 0.29) is 12.8 Å². The van der Waals surface area contributed by atoms with Crippen molar-refractivity contribution in [1.29, 1.82) is 0 Å². The first-order valence-corrected chi connectivity index (χ1v) is 11.1. The SMILES string of the molecule is COC(=O)C(Cc1c[nH]c2ccccc12)NC(=O)C(Cc1ccccc1)NC(=O)OC(C)(C)C. The van der Waals surface area contributed by atoms with Crippen LogP contribution in [0, 0.1) is 0 Å². The van der Waals surface area contributed by atoms with Gasteiger partial charge in [-0.1, -0.05) is 48.5 Å². The number of nitrogens with one attached hydrogen (secondary N) is 3. The van der Waals surface area contributed by atoms with Crippen LogP contribution in [0.2, 0.25) is 0 Å². The lowest BCUT2D eigenvalue weighted by atomic mass is 10.0. The number of ether oxygens (including phenoxy) is 2. The van der Waals surface area contributed by atoms with Gasteiger partial charge >= 0.3 is 12.1 Å². The van der Waals surface area contributed by atoms with Crippen LogP contribution < -0.4 is 10.6 Å². The van der Waals surface area contributed by atoms with Crippen molar-refractivity contribution >= 4 is 28.9 Å². The molecule has 180 valence electrons. The number of fused-ring (bicyclic) bond motifs is 1. The third kappa shape index (κ3) is 6.84. The molecule has 0 radical (unpaired) electrons. The summed E-state index contributed by atoms with van der Waals surface area (Å²) in [4.78, 5) is 41.4. The summed E-state index contributed by atoms with van der Waals surface area (Å²) in [7, 11) is 1.27. The number of hydrogen-bond acceptors (Lipinski definition) is 5. The van der Waals surface area contributed by atoms with Crippen molar-refractivity contribution in [3.8, 4) is 0 Å². The molecule has 0 saturated heterocycles. The Kier molecular flexibility index (Phi) is 7.94. The fourth-order valence-electron chi connectivity index (χ4n) is 3.64. The molecule has 2 amide bonds. The van der Waals surface area contributed by atoms with Gasteiger partial charge in [0.1, 0.15) is 17.7 Å².